The zero-order chi connectivity index (χ0) is 48.3. The average Bonchev–Trinajstić information content (AvgIpc) is 3.37. The lowest BCUT2D eigenvalue weighted by atomic mass is 10.0. The topological polar surface area (TPSA) is 159 Å². The first-order valence-corrected chi connectivity index (χ1v) is 22.9. The van der Waals surface area contributed by atoms with Crippen molar-refractivity contribution >= 4 is 40.6 Å². The third kappa shape index (κ3) is 12.0. The fraction of sp³-hybridized carbons (Fsp3) is 0.222. The number of fused-ring (bicyclic) bond motifs is 2. The van der Waals surface area contributed by atoms with Crippen LogP contribution in [-0.2, 0) is 12.8 Å². The largest absolute Gasteiger partial charge is 0.496 e. The predicted molar refractivity (Wildman–Crippen MR) is 274 cm³/mol. The van der Waals surface area contributed by atoms with Gasteiger partial charge in [-0.3, -0.25) is 9.97 Å². The molecule has 0 radical (unpaired) electrons. The monoisotopic (exact) mass is 942 g/mol. The number of hydrogen-bond acceptors (Lipinski definition) is 14. The fourth-order valence-corrected chi connectivity index (χ4v) is 8.22. The number of nitrogens with one attached hydrogen (secondary N) is 1. The minimum absolute atomic E-state index is 0.195. The number of likely N-dealkylation sites (N-methyl/N-ethyl adjacent to an activating group) is 2. The molecule has 0 fully saturated rings. The SMILES string of the molecule is CN1c2nc(Cl)ncc2OCC1Cc1ccccc1.COc1cc(N)ccc1-c1ccnc(C)c1.COc1cc(Nc2ncc3c(n2)N(C)C(Cc2ccccc2)CO3)ccc1-c1ccnc(C)c1. The standard InChI is InChI=1S/C27H27N5O2.C14H14ClN3O.C13H14N2O/c1-18-13-20(11-12-28-18)23-10-9-21(15-24(23)33-3)30-27-29-16-25-26(31-27)32(2)22(17-34-25)14-19-7-5-4-6-8-19;1-18-11(7-10-5-3-2-4-6-10)9-19-12-8-16-14(15)17-13(12)18;1-9-7-10(5-6-15-9)12-4-3-11(14)8-13(12)16-2/h4-13,15-16,22H,14,17H2,1-3H3,(H,29,30,31);2-6,8,11H,7,9H2,1H3;3-8H,14H2,1-2H3. The number of anilines is 5. The summed E-state index contributed by atoms with van der Waals surface area (Å²) in [4.78, 5) is 30.1. The summed E-state index contributed by atoms with van der Waals surface area (Å²) in [5.74, 6) is 4.97. The number of aromatic nitrogens is 6. The molecule has 2 unspecified atom stereocenters. The summed E-state index contributed by atoms with van der Waals surface area (Å²) < 4.78 is 22.7. The smallest absolute Gasteiger partial charge is 0.229 e. The zero-order valence-electron chi connectivity index (χ0n) is 39.5. The summed E-state index contributed by atoms with van der Waals surface area (Å²) >= 11 is 5.85. The van der Waals surface area contributed by atoms with Gasteiger partial charge < -0.3 is 39.8 Å². The molecule has 69 heavy (non-hydrogen) atoms. The number of aryl methyl sites for hydroxylation is 2. The van der Waals surface area contributed by atoms with Crippen molar-refractivity contribution in [2.75, 3.05) is 62.4 Å². The maximum absolute atomic E-state index is 5.98. The highest BCUT2D eigenvalue weighted by Gasteiger charge is 2.28. The molecular formula is C54H55ClN10O4. The second-order valence-electron chi connectivity index (χ2n) is 16.6. The Bertz CT molecular complexity index is 2980. The maximum Gasteiger partial charge on any atom is 0.229 e. The number of nitrogen functional groups attached to an aromatic ring is 1. The van der Waals surface area contributed by atoms with Gasteiger partial charge in [-0.05, 0) is 109 Å². The van der Waals surface area contributed by atoms with Crippen molar-refractivity contribution in [1.29, 1.82) is 0 Å². The maximum atomic E-state index is 5.98. The highest BCUT2D eigenvalue weighted by atomic mass is 35.5. The molecule has 0 amide bonds. The van der Waals surface area contributed by atoms with Gasteiger partial charge in [0.25, 0.3) is 0 Å². The first-order valence-electron chi connectivity index (χ1n) is 22.5. The van der Waals surface area contributed by atoms with Crippen LogP contribution in [0.5, 0.6) is 23.0 Å². The lowest BCUT2D eigenvalue weighted by Crippen LogP contribution is -2.42. The van der Waals surface area contributed by atoms with Gasteiger partial charge in [0.2, 0.25) is 11.2 Å². The third-order valence-electron chi connectivity index (χ3n) is 11.8. The Kier molecular flexibility index (Phi) is 15.3. The van der Waals surface area contributed by atoms with Crippen molar-refractivity contribution in [3.8, 4) is 45.3 Å². The second kappa shape index (κ2) is 22.2. The normalized spacial score (nSPS) is 14.5. The number of methoxy groups -OCH3 is 2. The van der Waals surface area contributed by atoms with Gasteiger partial charge in [-0.2, -0.15) is 9.97 Å². The predicted octanol–water partition coefficient (Wildman–Crippen LogP) is 10.3. The quantitative estimate of drug-likeness (QED) is 0.0985. The van der Waals surface area contributed by atoms with Crippen molar-refractivity contribution in [2.45, 2.75) is 38.8 Å². The highest BCUT2D eigenvalue weighted by molar-refractivity contribution is 6.28. The van der Waals surface area contributed by atoms with E-state index in [1.54, 1.807) is 39.0 Å². The Morgan fingerprint density at radius 3 is 1.67 bits per heavy atom. The Hall–Kier alpha value is -7.97. The average molecular weight is 944 g/mol. The molecule has 10 rings (SSSR count). The van der Waals surface area contributed by atoms with Crippen LogP contribution in [0.2, 0.25) is 5.28 Å². The summed E-state index contributed by atoms with van der Waals surface area (Å²) in [6, 6.07) is 40.9. The molecule has 0 saturated carbocycles. The van der Waals surface area contributed by atoms with E-state index in [9.17, 15) is 0 Å². The molecule has 0 spiro atoms. The van der Waals surface area contributed by atoms with Gasteiger partial charge in [-0.1, -0.05) is 60.7 Å². The van der Waals surface area contributed by atoms with E-state index in [4.69, 9.17) is 41.3 Å². The first-order chi connectivity index (χ1) is 33.5. The summed E-state index contributed by atoms with van der Waals surface area (Å²) in [6.45, 7) is 5.17. The molecule has 15 heteroatoms. The summed E-state index contributed by atoms with van der Waals surface area (Å²) in [5.41, 5.74) is 15.9. The Morgan fingerprint density at radius 2 is 1.13 bits per heavy atom. The number of nitrogens with two attached hydrogens (primary N) is 1. The van der Waals surface area contributed by atoms with E-state index >= 15 is 0 Å². The molecular weight excluding hydrogens is 888 g/mol. The third-order valence-corrected chi connectivity index (χ3v) is 12.0. The Balaban J connectivity index is 0.000000154. The molecule has 2 aliphatic heterocycles. The summed E-state index contributed by atoms with van der Waals surface area (Å²) in [7, 11) is 7.39. The molecule has 4 aromatic carbocycles. The van der Waals surface area contributed by atoms with Crippen LogP contribution in [-0.4, -0.2) is 83.5 Å². The summed E-state index contributed by atoms with van der Waals surface area (Å²) in [6.07, 6.45) is 8.75. The van der Waals surface area contributed by atoms with E-state index in [2.05, 4.69) is 83.5 Å². The molecule has 352 valence electrons. The van der Waals surface area contributed by atoms with Gasteiger partial charge in [0.1, 0.15) is 24.7 Å². The number of ether oxygens (including phenoxy) is 4. The van der Waals surface area contributed by atoms with Crippen LogP contribution in [0, 0.1) is 13.8 Å². The molecule has 0 bridgehead atoms. The van der Waals surface area contributed by atoms with Gasteiger partial charge >= 0.3 is 0 Å². The van der Waals surface area contributed by atoms with Gasteiger partial charge in [0, 0.05) is 72.5 Å². The lowest BCUT2D eigenvalue weighted by molar-refractivity contribution is 0.262. The number of rotatable bonds is 10. The molecule has 2 aliphatic rings. The van der Waals surface area contributed by atoms with Crippen molar-refractivity contribution in [2.24, 2.45) is 0 Å². The van der Waals surface area contributed by atoms with Crippen molar-refractivity contribution in [1.82, 2.24) is 29.9 Å². The van der Waals surface area contributed by atoms with Crippen molar-refractivity contribution in [3.05, 3.63) is 174 Å². The van der Waals surface area contributed by atoms with Crippen LogP contribution < -0.4 is 39.8 Å². The van der Waals surface area contributed by atoms with E-state index in [0.717, 1.165) is 75.3 Å². The lowest BCUT2D eigenvalue weighted by Gasteiger charge is -2.34. The van der Waals surface area contributed by atoms with Crippen LogP contribution in [0.25, 0.3) is 22.3 Å². The molecule has 0 saturated heterocycles. The first kappa shape index (κ1) is 47.5. The number of hydrogen-bond donors (Lipinski definition) is 2. The second-order valence-corrected chi connectivity index (χ2v) is 16.9. The van der Waals surface area contributed by atoms with E-state index in [-0.39, 0.29) is 17.4 Å². The molecule has 4 aromatic heterocycles. The molecule has 6 heterocycles. The number of nitrogens with zero attached hydrogens (tertiary/aromatic N) is 8. The van der Waals surface area contributed by atoms with E-state index < -0.39 is 0 Å². The number of halogens is 1. The Morgan fingerprint density at radius 1 is 0.623 bits per heavy atom. The van der Waals surface area contributed by atoms with Gasteiger partial charge in [-0.15, -0.1) is 0 Å². The van der Waals surface area contributed by atoms with Crippen LogP contribution in [0.15, 0.2) is 146 Å². The molecule has 2 atom stereocenters. The Labute approximate surface area is 408 Å². The molecule has 14 nitrogen and oxygen atoms in total. The minimum atomic E-state index is 0.195. The molecule has 8 aromatic rings. The number of pyridine rings is 2. The van der Waals surface area contributed by atoms with Gasteiger partial charge in [0.15, 0.2) is 23.1 Å². The van der Waals surface area contributed by atoms with Crippen molar-refractivity contribution in [3.63, 3.8) is 0 Å². The van der Waals surface area contributed by atoms with Crippen molar-refractivity contribution < 1.29 is 18.9 Å². The summed E-state index contributed by atoms with van der Waals surface area (Å²) in [5, 5.41) is 3.55. The zero-order valence-corrected chi connectivity index (χ0v) is 40.3. The molecule has 3 N–H and O–H groups in total. The minimum Gasteiger partial charge on any atom is -0.496 e. The van der Waals surface area contributed by atoms with Crippen LogP contribution in [0.1, 0.15) is 22.5 Å². The van der Waals surface area contributed by atoms with Crippen LogP contribution >= 0.6 is 11.6 Å². The van der Waals surface area contributed by atoms with Crippen LogP contribution in [0.3, 0.4) is 0 Å². The van der Waals surface area contributed by atoms with Crippen LogP contribution in [0.4, 0.5) is 29.0 Å². The van der Waals surface area contributed by atoms with E-state index in [1.165, 1.54) is 11.1 Å². The van der Waals surface area contributed by atoms with Gasteiger partial charge in [0.05, 0.1) is 38.7 Å². The fourth-order valence-electron chi connectivity index (χ4n) is 8.09. The molecule has 0 aliphatic carbocycles. The highest BCUT2D eigenvalue weighted by Crippen LogP contribution is 2.36. The van der Waals surface area contributed by atoms with E-state index in [0.29, 0.717) is 36.3 Å². The van der Waals surface area contributed by atoms with E-state index in [1.807, 2.05) is 106 Å². The number of benzene rings is 4. The van der Waals surface area contributed by atoms with Gasteiger partial charge in [-0.25, -0.2) is 9.97 Å².